The summed E-state index contributed by atoms with van der Waals surface area (Å²) >= 11 is 0. The lowest BCUT2D eigenvalue weighted by atomic mass is 9.69. The molecule has 7 heteroatoms. The lowest BCUT2D eigenvalue weighted by molar-refractivity contribution is -0.118. The Hall–Kier alpha value is -3.09. The number of aromatic nitrogens is 2. The van der Waals surface area contributed by atoms with Crippen molar-refractivity contribution in [1.29, 1.82) is 0 Å². The van der Waals surface area contributed by atoms with Crippen LogP contribution in [0.15, 0.2) is 34.3 Å². The molecular formula is C21H23N3O4. The van der Waals surface area contributed by atoms with Gasteiger partial charge in [-0.25, -0.2) is 4.98 Å². The zero-order chi connectivity index (χ0) is 20.2. The molecule has 28 heavy (non-hydrogen) atoms. The molecule has 0 spiro atoms. The number of fused-ring (bicyclic) bond motifs is 1. The molecule has 0 saturated heterocycles. The summed E-state index contributed by atoms with van der Waals surface area (Å²) in [7, 11) is 1.46. The van der Waals surface area contributed by atoms with Crippen molar-refractivity contribution in [2.75, 3.05) is 12.4 Å². The Morgan fingerprint density at radius 2 is 2.00 bits per heavy atom. The minimum atomic E-state index is -0.707. The number of phenolic OH excluding ortho intramolecular Hbond substituents is 1. The maximum Gasteiger partial charge on any atom is 0.257 e. The molecule has 1 unspecified atom stereocenters. The highest BCUT2D eigenvalue weighted by molar-refractivity contribution is 6.01. The van der Waals surface area contributed by atoms with Crippen LogP contribution in [0.5, 0.6) is 11.5 Å². The molecule has 4 rings (SSSR count). The Labute approximate surface area is 162 Å². The number of phenols is 1. The molecule has 0 radical (unpaired) electrons. The Balaban J connectivity index is 2.03. The molecule has 0 fully saturated rings. The summed E-state index contributed by atoms with van der Waals surface area (Å²) < 4.78 is 5.24. The molecule has 1 aliphatic carbocycles. The average molecular weight is 381 g/mol. The molecule has 1 aliphatic heterocycles. The number of hydrogen-bond donors (Lipinski definition) is 3. The summed E-state index contributed by atoms with van der Waals surface area (Å²) in [6, 6.07) is 5.09. The number of Topliss-reactive ketones (excluding diaryl/α,β-unsaturated/α-hetero) is 1. The topological polar surface area (TPSA) is 104 Å². The van der Waals surface area contributed by atoms with Crippen LogP contribution in [0.3, 0.4) is 0 Å². The lowest BCUT2D eigenvalue weighted by Gasteiger charge is -2.38. The van der Waals surface area contributed by atoms with Gasteiger partial charge in [0.25, 0.3) is 5.56 Å². The second-order valence-corrected chi connectivity index (χ2v) is 8.20. The van der Waals surface area contributed by atoms with E-state index >= 15 is 0 Å². The number of nitrogens with one attached hydrogen (secondary N) is 2. The van der Waals surface area contributed by atoms with E-state index in [2.05, 4.69) is 15.3 Å². The first kappa shape index (κ1) is 18.3. The van der Waals surface area contributed by atoms with Crippen molar-refractivity contribution in [1.82, 2.24) is 9.97 Å². The Bertz CT molecular complexity index is 1080. The van der Waals surface area contributed by atoms with Crippen LogP contribution in [-0.2, 0) is 4.79 Å². The van der Waals surface area contributed by atoms with Crippen LogP contribution in [-0.4, -0.2) is 28.0 Å². The minimum Gasteiger partial charge on any atom is -0.504 e. The number of carbonyl (C=O) groups excluding carboxylic acids is 1. The number of rotatable bonds is 2. The quantitative estimate of drug-likeness (QED) is 0.739. The van der Waals surface area contributed by atoms with Crippen LogP contribution >= 0.6 is 0 Å². The first-order valence-electron chi connectivity index (χ1n) is 9.22. The number of aromatic amines is 1. The summed E-state index contributed by atoms with van der Waals surface area (Å²) in [6.45, 7) is 5.79. The number of allylic oxidation sites excluding steroid dienone is 2. The summed E-state index contributed by atoms with van der Waals surface area (Å²) in [5, 5.41) is 14.0. The fourth-order valence-electron chi connectivity index (χ4n) is 4.27. The number of para-hydroxylation sites is 1. The van der Waals surface area contributed by atoms with Crippen molar-refractivity contribution in [2.24, 2.45) is 5.41 Å². The second-order valence-electron chi connectivity index (χ2n) is 8.20. The second kappa shape index (κ2) is 6.22. The third-order valence-corrected chi connectivity index (χ3v) is 5.40. The highest BCUT2D eigenvalue weighted by Crippen LogP contribution is 2.50. The molecular weight excluding hydrogens is 358 g/mol. The van der Waals surface area contributed by atoms with Gasteiger partial charge in [-0.2, -0.15) is 0 Å². The maximum atomic E-state index is 13.1. The number of benzene rings is 1. The zero-order valence-corrected chi connectivity index (χ0v) is 16.3. The molecule has 146 valence electrons. The van der Waals surface area contributed by atoms with Gasteiger partial charge in [0.2, 0.25) is 0 Å². The normalized spacial score (nSPS) is 20.3. The smallest absolute Gasteiger partial charge is 0.257 e. The highest BCUT2D eigenvalue weighted by atomic mass is 16.5. The van der Waals surface area contributed by atoms with Crippen LogP contribution in [0, 0.1) is 12.3 Å². The first-order chi connectivity index (χ1) is 13.2. The summed E-state index contributed by atoms with van der Waals surface area (Å²) in [6.07, 6.45) is 1.03. The van der Waals surface area contributed by atoms with E-state index < -0.39 is 5.92 Å². The van der Waals surface area contributed by atoms with Gasteiger partial charge in [-0.3, -0.25) is 9.59 Å². The number of ketones is 1. The Morgan fingerprint density at radius 3 is 2.71 bits per heavy atom. The van der Waals surface area contributed by atoms with Crippen LogP contribution in [0.1, 0.15) is 49.6 Å². The molecule has 0 saturated carbocycles. The van der Waals surface area contributed by atoms with E-state index in [1.165, 1.54) is 7.11 Å². The van der Waals surface area contributed by atoms with Crippen molar-refractivity contribution in [3.05, 3.63) is 56.8 Å². The van der Waals surface area contributed by atoms with Gasteiger partial charge >= 0.3 is 0 Å². The molecule has 1 aromatic carbocycles. The fraction of sp³-hybridized carbons (Fsp3) is 0.381. The fourth-order valence-corrected chi connectivity index (χ4v) is 4.27. The number of carbonyl (C=O) groups is 1. The van der Waals surface area contributed by atoms with Crippen molar-refractivity contribution < 1.29 is 14.6 Å². The van der Waals surface area contributed by atoms with Gasteiger partial charge < -0.3 is 20.1 Å². The molecule has 7 nitrogen and oxygen atoms in total. The zero-order valence-electron chi connectivity index (χ0n) is 16.3. The summed E-state index contributed by atoms with van der Waals surface area (Å²) in [4.78, 5) is 33.2. The first-order valence-corrected chi connectivity index (χ1v) is 9.22. The Morgan fingerprint density at radius 1 is 1.25 bits per heavy atom. The predicted molar refractivity (Wildman–Crippen MR) is 105 cm³/mol. The number of hydrogen-bond acceptors (Lipinski definition) is 6. The molecule has 2 heterocycles. The highest BCUT2D eigenvalue weighted by Gasteiger charge is 2.43. The molecule has 3 N–H and O–H groups in total. The molecule has 0 amide bonds. The van der Waals surface area contributed by atoms with Gasteiger partial charge in [0.15, 0.2) is 17.3 Å². The molecule has 2 aliphatic rings. The number of ether oxygens (including phenoxy) is 1. The minimum absolute atomic E-state index is 0.0309. The van der Waals surface area contributed by atoms with Crippen LogP contribution < -0.4 is 15.6 Å². The molecule has 2 aromatic rings. The Kier molecular flexibility index (Phi) is 4.06. The van der Waals surface area contributed by atoms with Gasteiger partial charge in [-0.05, 0) is 24.8 Å². The van der Waals surface area contributed by atoms with Gasteiger partial charge in [0.1, 0.15) is 11.6 Å². The SMILES string of the molecule is COc1cccc(C2C3=C(CC(C)(C)CC3=O)Nc3nc(C)[nH]c(=O)c32)c1O. The maximum absolute atomic E-state index is 13.1. The molecule has 1 aromatic heterocycles. The third kappa shape index (κ3) is 2.78. The average Bonchev–Trinajstić information content (AvgIpc) is 2.59. The van der Waals surface area contributed by atoms with E-state index in [0.717, 1.165) is 5.70 Å². The number of aromatic hydroxyl groups is 1. The van der Waals surface area contributed by atoms with Gasteiger partial charge in [-0.15, -0.1) is 0 Å². The molecule has 0 bridgehead atoms. The van der Waals surface area contributed by atoms with Crippen molar-refractivity contribution in [3.8, 4) is 11.5 Å². The van der Waals surface area contributed by atoms with E-state index in [4.69, 9.17) is 4.74 Å². The van der Waals surface area contributed by atoms with Crippen LogP contribution in [0.2, 0.25) is 0 Å². The monoisotopic (exact) mass is 381 g/mol. The lowest BCUT2D eigenvalue weighted by Crippen LogP contribution is -2.37. The van der Waals surface area contributed by atoms with Gasteiger partial charge in [0.05, 0.1) is 18.6 Å². The van der Waals surface area contributed by atoms with Gasteiger partial charge in [0, 0.05) is 23.3 Å². The van der Waals surface area contributed by atoms with E-state index in [1.807, 2.05) is 13.8 Å². The predicted octanol–water partition coefficient (Wildman–Crippen LogP) is 2.99. The number of nitrogens with zero attached hydrogens (tertiary/aromatic N) is 1. The summed E-state index contributed by atoms with van der Waals surface area (Å²) in [5.41, 5.74) is 1.55. The third-order valence-electron chi connectivity index (χ3n) is 5.40. The van der Waals surface area contributed by atoms with Gasteiger partial charge in [-0.1, -0.05) is 26.0 Å². The van der Waals surface area contributed by atoms with Crippen molar-refractivity contribution in [2.45, 2.75) is 39.5 Å². The number of methoxy groups -OCH3 is 1. The standard InChI is InChI=1S/C21H23N3O4/c1-10-22-19-17(20(27)23-10)15(11-6-5-7-14(28-4)18(11)26)16-12(24-19)8-21(2,3)9-13(16)25/h5-7,15,26H,8-9H2,1-4H3,(H2,22,23,24,27). The largest absolute Gasteiger partial charge is 0.504 e. The summed E-state index contributed by atoms with van der Waals surface area (Å²) in [5.74, 6) is 0.388. The molecule has 1 atom stereocenters. The van der Waals surface area contributed by atoms with Crippen molar-refractivity contribution in [3.63, 3.8) is 0 Å². The number of H-pyrrole nitrogens is 1. The van der Waals surface area contributed by atoms with E-state index in [9.17, 15) is 14.7 Å². The van der Waals surface area contributed by atoms with E-state index in [0.29, 0.717) is 46.9 Å². The number of anilines is 1. The van der Waals surface area contributed by atoms with E-state index in [1.54, 1.807) is 25.1 Å². The van der Waals surface area contributed by atoms with Crippen LogP contribution in [0.25, 0.3) is 0 Å². The van der Waals surface area contributed by atoms with Crippen molar-refractivity contribution >= 4 is 11.6 Å². The number of aryl methyl sites for hydroxylation is 1. The van der Waals surface area contributed by atoms with Crippen LogP contribution in [0.4, 0.5) is 5.82 Å². The van der Waals surface area contributed by atoms with E-state index in [-0.39, 0.29) is 22.5 Å².